The summed E-state index contributed by atoms with van der Waals surface area (Å²) in [6, 6.07) is 16.3. The van der Waals surface area contributed by atoms with Crippen LogP contribution in [0.5, 0.6) is 0 Å². The molecule has 2 aromatic rings. The number of hydrogen-bond acceptors (Lipinski definition) is 4. The summed E-state index contributed by atoms with van der Waals surface area (Å²) in [6.07, 6.45) is -1.08. The molecule has 0 aromatic heterocycles. The van der Waals surface area contributed by atoms with Crippen LogP contribution in [0.15, 0.2) is 60.7 Å². The van der Waals surface area contributed by atoms with Crippen LogP contribution in [-0.4, -0.2) is 42.9 Å². The van der Waals surface area contributed by atoms with Gasteiger partial charge in [0.1, 0.15) is 6.04 Å². The van der Waals surface area contributed by atoms with Crippen molar-refractivity contribution in [3.8, 4) is 0 Å². The molecule has 7 heteroatoms. The third kappa shape index (κ3) is 6.34. The van der Waals surface area contributed by atoms with Gasteiger partial charge in [0.15, 0.2) is 0 Å². The number of hydrogen-bond donors (Lipinski definition) is 2. The maximum atomic E-state index is 12.8. The monoisotopic (exact) mass is 397 g/mol. The molecule has 0 bridgehead atoms. The van der Waals surface area contributed by atoms with Crippen LogP contribution in [0.25, 0.3) is 0 Å². The van der Waals surface area contributed by atoms with Crippen molar-refractivity contribution in [1.82, 2.24) is 10.2 Å². The van der Waals surface area contributed by atoms with E-state index in [-0.39, 0.29) is 11.8 Å². The minimum atomic E-state index is -1.08. The van der Waals surface area contributed by atoms with Crippen molar-refractivity contribution in [2.45, 2.75) is 26.0 Å². The van der Waals surface area contributed by atoms with Crippen LogP contribution in [0.1, 0.15) is 25.5 Å². The van der Waals surface area contributed by atoms with Crippen molar-refractivity contribution in [2.75, 3.05) is 19.4 Å². The zero-order valence-corrected chi connectivity index (χ0v) is 17.1. The molecular formula is C22H27N3O4. The summed E-state index contributed by atoms with van der Waals surface area (Å²) >= 11 is 0. The van der Waals surface area contributed by atoms with E-state index in [4.69, 9.17) is 4.74 Å². The SMILES string of the molecule is CC(C)[C@H](NC(=O)Nc1ccccc1)C(=O)O[C@@H](C(=O)N(C)C)c1ccccc1. The largest absolute Gasteiger partial charge is 0.446 e. The summed E-state index contributed by atoms with van der Waals surface area (Å²) in [7, 11) is 3.19. The highest BCUT2D eigenvalue weighted by molar-refractivity contribution is 5.93. The standard InChI is InChI=1S/C22H27N3O4/c1-15(2)18(24-22(28)23-17-13-9-6-10-14-17)21(27)29-19(20(26)25(3)4)16-11-7-5-8-12-16/h5-15,18-19H,1-4H3,(H2,23,24,28)/t18-,19+/m0/s1. The maximum absolute atomic E-state index is 12.8. The highest BCUT2D eigenvalue weighted by atomic mass is 16.5. The first kappa shape index (κ1) is 21.9. The Labute approximate surface area is 171 Å². The van der Waals surface area contributed by atoms with Crippen molar-refractivity contribution in [2.24, 2.45) is 5.92 Å². The van der Waals surface area contributed by atoms with Crippen LogP contribution in [0.3, 0.4) is 0 Å². The lowest BCUT2D eigenvalue weighted by molar-refractivity contribution is -0.162. The number of benzene rings is 2. The topological polar surface area (TPSA) is 87.7 Å². The quantitative estimate of drug-likeness (QED) is 0.703. The van der Waals surface area contributed by atoms with Gasteiger partial charge in [-0.05, 0) is 18.1 Å². The van der Waals surface area contributed by atoms with E-state index in [0.717, 1.165) is 0 Å². The van der Waals surface area contributed by atoms with E-state index < -0.39 is 24.1 Å². The number of nitrogens with one attached hydrogen (secondary N) is 2. The number of esters is 1. The first-order chi connectivity index (χ1) is 13.8. The molecule has 2 rings (SSSR count). The Morgan fingerprint density at radius 2 is 1.45 bits per heavy atom. The fourth-order valence-corrected chi connectivity index (χ4v) is 2.64. The fourth-order valence-electron chi connectivity index (χ4n) is 2.64. The molecule has 0 saturated heterocycles. The molecule has 0 fully saturated rings. The van der Waals surface area contributed by atoms with Crippen LogP contribution < -0.4 is 10.6 Å². The van der Waals surface area contributed by atoms with Gasteiger partial charge in [0.2, 0.25) is 6.10 Å². The van der Waals surface area contributed by atoms with Gasteiger partial charge in [0, 0.05) is 25.3 Å². The molecular weight excluding hydrogens is 370 g/mol. The number of urea groups is 1. The van der Waals surface area contributed by atoms with Crippen LogP contribution in [-0.2, 0) is 14.3 Å². The number of amides is 3. The second kappa shape index (κ2) is 10.3. The van der Waals surface area contributed by atoms with E-state index in [9.17, 15) is 14.4 Å². The van der Waals surface area contributed by atoms with Gasteiger partial charge in [-0.2, -0.15) is 0 Å². The summed E-state index contributed by atoms with van der Waals surface area (Å²) < 4.78 is 5.56. The van der Waals surface area contributed by atoms with E-state index >= 15 is 0 Å². The highest BCUT2D eigenvalue weighted by Crippen LogP contribution is 2.21. The number of para-hydroxylation sites is 1. The number of likely N-dealkylation sites (N-methyl/N-ethyl adjacent to an activating group) is 1. The third-order valence-corrected chi connectivity index (χ3v) is 4.24. The molecule has 0 spiro atoms. The van der Waals surface area contributed by atoms with Gasteiger partial charge in [0.25, 0.3) is 5.91 Å². The molecule has 2 aromatic carbocycles. The van der Waals surface area contributed by atoms with Gasteiger partial charge in [-0.3, -0.25) is 4.79 Å². The first-order valence-electron chi connectivity index (χ1n) is 9.38. The van der Waals surface area contributed by atoms with Crippen LogP contribution in [0.4, 0.5) is 10.5 Å². The van der Waals surface area contributed by atoms with E-state index in [1.807, 2.05) is 12.1 Å². The molecule has 0 aliphatic heterocycles. The normalized spacial score (nSPS) is 12.6. The summed E-state index contributed by atoms with van der Waals surface area (Å²) in [5.74, 6) is -1.28. The summed E-state index contributed by atoms with van der Waals surface area (Å²) in [5, 5.41) is 5.32. The van der Waals surface area contributed by atoms with Crippen LogP contribution >= 0.6 is 0 Å². The Morgan fingerprint density at radius 3 is 1.97 bits per heavy atom. The molecule has 0 aliphatic rings. The molecule has 0 unspecified atom stereocenters. The van der Waals surface area contributed by atoms with Gasteiger partial charge < -0.3 is 20.3 Å². The Bertz CT molecular complexity index is 822. The van der Waals surface area contributed by atoms with Crippen molar-refractivity contribution in [3.63, 3.8) is 0 Å². The van der Waals surface area contributed by atoms with Gasteiger partial charge in [-0.25, -0.2) is 9.59 Å². The molecule has 29 heavy (non-hydrogen) atoms. The molecule has 7 nitrogen and oxygen atoms in total. The predicted molar refractivity (Wildman–Crippen MR) is 111 cm³/mol. The Morgan fingerprint density at radius 1 is 0.897 bits per heavy atom. The number of anilines is 1. The van der Waals surface area contributed by atoms with Crippen molar-refractivity contribution in [3.05, 3.63) is 66.2 Å². The molecule has 2 N–H and O–H groups in total. The molecule has 2 atom stereocenters. The maximum Gasteiger partial charge on any atom is 0.330 e. The minimum absolute atomic E-state index is 0.241. The number of ether oxygens (including phenoxy) is 1. The molecule has 0 saturated carbocycles. The molecule has 0 aliphatic carbocycles. The molecule has 0 heterocycles. The van der Waals surface area contributed by atoms with E-state index in [1.165, 1.54) is 4.90 Å². The van der Waals surface area contributed by atoms with Gasteiger partial charge in [-0.1, -0.05) is 62.4 Å². The Hall–Kier alpha value is -3.35. The lowest BCUT2D eigenvalue weighted by Gasteiger charge is -2.26. The summed E-state index contributed by atoms with van der Waals surface area (Å²) in [6.45, 7) is 3.58. The van der Waals surface area contributed by atoms with Gasteiger partial charge in [0.05, 0.1) is 0 Å². The summed E-state index contributed by atoms with van der Waals surface area (Å²) in [4.78, 5) is 39.1. The second-order valence-electron chi connectivity index (χ2n) is 7.15. The fraction of sp³-hybridized carbons (Fsp3) is 0.318. The lowest BCUT2D eigenvalue weighted by atomic mass is 10.0. The molecule has 3 amide bonds. The number of nitrogens with zero attached hydrogens (tertiary/aromatic N) is 1. The highest BCUT2D eigenvalue weighted by Gasteiger charge is 2.32. The average molecular weight is 397 g/mol. The minimum Gasteiger partial charge on any atom is -0.446 e. The smallest absolute Gasteiger partial charge is 0.330 e. The zero-order valence-electron chi connectivity index (χ0n) is 17.1. The van der Waals surface area contributed by atoms with E-state index in [2.05, 4.69) is 10.6 Å². The molecule has 154 valence electrons. The Kier molecular flexibility index (Phi) is 7.77. The van der Waals surface area contributed by atoms with Gasteiger partial charge >= 0.3 is 12.0 Å². The molecule has 0 radical (unpaired) electrons. The van der Waals surface area contributed by atoms with Crippen molar-refractivity contribution in [1.29, 1.82) is 0 Å². The second-order valence-corrected chi connectivity index (χ2v) is 7.15. The predicted octanol–water partition coefficient (Wildman–Crippen LogP) is 3.21. The zero-order chi connectivity index (χ0) is 21.4. The van der Waals surface area contributed by atoms with Crippen molar-refractivity contribution >= 4 is 23.6 Å². The van der Waals surface area contributed by atoms with Crippen LogP contribution in [0, 0.1) is 5.92 Å². The van der Waals surface area contributed by atoms with Crippen LogP contribution in [0.2, 0.25) is 0 Å². The van der Waals surface area contributed by atoms with E-state index in [1.54, 1.807) is 76.5 Å². The first-order valence-corrected chi connectivity index (χ1v) is 9.38. The van der Waals surface area contributed by atoms with Crippen molar-refractivity contribution < 1.29 is 19.1 Å². The lowest BCUT2D eigenvalue weighted by Crippen LogP contribution is -2.48. The third-order valence-electron chi connectivity index (χ3n) is 4.24. The Balaban J connectivity index is 2.13. The number of rotatable bonds is 7. The number of carbonyl (C=O) groups is 3. The average Bonchev–Trinajstić information content (AvgIpc) is 2.70. The summed E-state index contributed by atoms with van der Waals surface area (Å²) in [5.41, 5.74) is 1.17. The van der Waals surface area contributed by atoms with Gasteiger partial charge in [-0.15, -0.1) is 0 Å². The van der Waals surface area contributed by atoms with E-state index in [0.29, 0.717) is 11.3 Å². The number of carbonyl (C=O) groups excluding carboxylic acids is 3.